The predicted molar refractivity (Wildman–Crippen MR) is 72.8 cm³/mol. The van der Waals surface area contributed by atoms with Gasteiger partial charge in [-0.05, 0) is 25.0 Å². The van der Waals surface area contributed by atoms with Gasteiger partial charge in [-0.2, -0.15) is 0 Å². The van der Waals surface area contributed by atoms with Gasteiger partial charge < -0.3 is 4.74 Å². The SMILES string of the molecule is CN(C(=O)OCCCCCl)c1ccc([N+](=O)[O-])cc1. The molecule has 1 aromatic carbocycles. The third-order valence-corrected chi connectivity index (χ3v) is 2.74. The van der Waals surface area contributed by atoms with E-state index in [1.807, 2.05) is 0 Å². The number of nitrogens with zero attached hydrogens (tertiary/aromatic N) is 2. The molecule has 0 saturated heterocycles. The highest BCUT2D eigenvalue weighted by Crippen LogP contribution is 2.18. The number of ether oxygens (including phenoxy) is 1. The Bertz CT molecular complexity index is 436. The lowest BCUT2D eigenvalue weighted by Crippen LogP contribution is -2.27. The lowest BCUT2D eigenvalue weighted by molar-refractivity contribution is -0.384. The Balaban J connectivity index is 2.54. The first kappa shape index (κ1) is 15.2. The van der Waals surface area contributed by atoms with E-state index in [4.69, 9.17) is 16.3 Å². The van der Waals surface area contributed by atoms with Gasteiger partial charge in [-0.1, -0.05) is 0 Å². The number of carbonyl (C=O) groups excluding carboxylic acids is 1. The Morgan fingerprint density at radius 3 is 2.53 bits per heavy atom. The first-order valence-electron chi connectivity index (χ1n) is 5.77. The molecule has 0 aromatic heterocycles. The highest BCUT2D eigenvalue weighted by Gasteiger charge is 2.13. The molecule has 1 aromatic rings. The van der Waals surface area contributed by atoms with Crippen LogP contribution in [0.4, 0.5) is 16.2 Å². The molecule has 0 aliphatic carbocycles. The van der Waals surface area contributed by atoms with E-state index < -0.39 is 11.0 Å². The summed E-state index contributed by atoms with van der Waals surface area (Å²) in [6.45, 7) is 0.308. The quantitative estimate of drug-likeness (QED) is 0.348. The minimum absolute atomic E-state index is 0.0207. The van der Waals surface area contributed by atoms with Crippen LogP contribution in [-0.4, -0.2) is 30.6 Å². The summed E-state index contributed by atoms with van der Waals surface area (Å²) in [5, 5.41) is 10.5. The predicted octanol–water partition coefficient (Wildman–Crippen LogP) is 3.19. The highest BCUT2D eigenvalue weighted by molar-refractivity contribution is 6.17. The monoisotopic (exact) mass is 286 g/mol. The van der Waals surface area contributed by atoms with Gasteiger partial charge in [0, 0.05) is 30.7 Å². The van der Waals surface area contributed by atoms with Gasteiger partial charge in [0.2, 0.25) is 0 Å². The van der Waals surface area contributed by atoms with Crippen molar-refractivity contribution in [3.8, 4) is 0 Å². The molecule has 0 saturated carbocycles. The second-order valence-electron chi connectivity index (χ2n) is 3.84. The number of hydrogen-bond acceptors (Lipinski definition) is 4. The lowest BCUT2D eigenvalue weighted by Gasteiger charge is -2.16. The van der Waals surface area contributed by atoms with E-state index in [-0.39, 0.29) is 5.69 Å². The van der Waals surface area contributed by atoms with Crippen molar-refractivity contribution in [1.29, 1.82) is 0 Å². The van der Waals surface area contributed by atoms with Crippen molar-refractivity contribution >= 4 is 29.1 Å². The zero-order chi connectivity index (χ0) is 14.3. The van der Waals surface area contributed by atoms with Crippen LogP contribution in [-0.2, 0) is 4.74 Å². The van der Waals surface area contributed by atoms with E-state index in [1.165, 1.54) is 29.2 Å². The minimum atomic E-state index is -0.497. The Morgan fingerprint density at radius 1 is 1.37 bits per heavy atom. The Hall–Kier alpha value is -1.82. The number of anilines is 1. The van der Waals surface area contributed by atoms with Crippen molar-refractivity contribution in [3.63, 3.8) is 0 Å². The molecule has 1 amide bonds. The van der Waals surface area contributed by atoms with Gasteiger partial charge >= 0.3 is 6.09 Å². The maximum atomic E-state index is 11.7. The molecule has 0 atom stereocenters. The maximum Gasteiger partial charge on any atom is 0.414 e. The molecule has 0 aliphatic rings. The first-order valence-corrected chi connectivity index (χ1v) is 6.30. The normalized spacial score (nSPS) is 10.0. The van der Waals surface area contributed by atoms with Crippen molar-refractivity contribution in [1.82, 2.24) is 0 Å². The zero-order valence-electron chi connectivity index (χ0n) is 10.5. The summed E-state index contributed by atoms with van der Waals surface area (Å²) >= 11 is 5.51. The molecule has 7 heteroatoms. The summed E-state index contributed by atoms with van der Waals surface area (Å²) in [6.07, 6.45) is 1.00. The average Bonchev–Trinajstić information content (AvgIpc) is 2.42. The van der Waals surface area contributed by atoms with E-state index in [1.54, 1.807) is 7.05 Å². The van der Waals surface area contributed by atoms with Crippen LogP contribution in [0.1, 0.15) is 12.8 Å². The number of non-ortho nitro benzene ring substituents is 1. The molecule has 0 radical (unpaired) electrons. The number of amides is 1. The molecule has 6 nitrogen and oxygen atoms in total. The molecule has 0 aliphatic heterocycles. The molecule has 1 rings (SSSR count). The maximum absolute atomic E-state index is 11.7. The summed E-state index contributed by atoms with van der Waals surface area (Å²) in [5.41, 5.74) is 0.514. The number of nitro benzene ring substituents is 1. The van der Waals surface area contributed by atoms with Crippen LogP contribution in [0.15, 0.2) is 24.3 Å². The van der Waals surface area contributed by atoms with E-state index in [2.05, 4.69) is 0 Å². The van der Waals surface area contributed by atoms with Crippen molar-refractivity contribution < 1.29 is 14.5 Å². The largest absolute Gasteiger partial charge is 0.449 e. The molecule has 0 unspecified atom stereocenters. The summed E-state index contributed by atoms with van der Waals surface area (Å²) in [5.74, 6) is 0.537. The molecule has 0 N–H and O–H groups in total. The highest BCUT2D eigenvalue weighted by atomic mass is 35.5. The van der Waals surface area contributed by atoms with E-state index in [0.717, 1.165) is 6.42 Å². The molecule has 19 heavy (non-hydrogen) atoms. The van der Waals surface area contributed by atoms with E-state index in [9.17, 15) is 14.9 Å². The topological polar surface area (TPSA) is 72.7 Å². The van der Waals surface area contributed by atoms with Crippen molar-refractivity contribution in [3.05, 3.63) is 34.4 Å². The Morgan fingerprint density at radius 2 is 2.00 bits per heavy atom. The van der Waals surface area contributed by atoms with Crippen LogP contribution in [0, 0.1) is 10.1 Å². The fourth-order valence-corrected chi connectivity index (χ4v) is 1.55. The fraction of sp³-hybridized carbons (Fsp3) is 0.417. The summed E-state index contributed by atoms with van der Waals surface area (Å²) in [4.78, 5) is 23.0. The molecule has 104 valence electrons. The Kier molecular flexibility index (Phi) is 6.08. The summed E-state index contributed by atoms with van der Waals surface area (Å²) < 4.78 is 5.03. The van der Waals surface area contributed by atoms with Gasteiger partial charge in [0.25, 0.3) is 5.69 Å². The first-order chi connectivity index (χ1) is 9.06. The lowest BCUT2D eigenvalue weighted by atomic mass is 10.3. The van der Waals surface area contributed by atoms with E-state index in [0.29, 0.717) is 24.6 Å². The van der Waals surface area contributed by atoms with Crippen LogP contribution >= 0.6 is 11.6 Å². The number of benzene rings is 1. The second-order valence-corrected chi connectivity index (χ2v) is 4.22. The number of rotatable bonds is 6. The van der Waals surface area contributed by atoms with Gasteiger partial charge in [-0.15, -0.1) is 11.6 Å². The van der Waals surface area contributed by atoms with Crippen LogP contribution in [0.3, 0.4) is 0 Å². The Labute approximate surface area is 116 Å². The minimum Gasteiger partial charge on any atom is -0.449 e. The fourth-order valence-electron chi connectivity index (χ4n) is 1.36. The van der Waals surface area contributed by atoms with Crippen LogP contribution < -0.4 is 4.90 Å². The third kappa shape index (κ3) is 4.75. The molecular weight excluding hydrogens is 272 g/mol. The second kappa shape index (κ2) is 7.58. The standard InChI is InChI=1S/C12H15ClN2O4/c1-14(12(16)19-9-3-2-8-13)10-4-6-11(7-5-10)15(17)18/h4-7H,2-3,8-9H2,1H3. The number of hydrogen-bond donors (Lipinski definition) is 0. The van der Waals surface area contributed by atoms with Crippen LogP contribution in [0.25, 0.3) is 0 Å². The smallest absolute Gasteiger partial charge is 0.414 e. The molecule has 0 fully saturated rings. The number of carbonyl (C=O) groups is 1. The third-order valence-electron chi connectivity index (χ3n) is 2.48. The van der Waals surface area contributed by atoms with Gasteiger partial charge in [-0.25, -0.2) is 4.79 Å². The van der Waals surface area contributed by atoms with Gasteiger partial charge in [0.15, 0.2) is 0 Å². The number of alkyl halides is 1. The average molecular weight is 287 g/mol. The van der Waals surface area contributed by atoms with Crippen LogP contribution in [0.5, 0.6) is 0 Å². The van der Waals surface area contributed by atoms with Crippen molar-refractivity contribution in [2.75, 3.05) is 24.4 Å². The van der Waals surface area contributed by atoms with Crippen molar-refractivity contribution in [2.24, 2.45) is 0 Å². The van der Waals surface area contributed by atoms with Gasteiger partial charge in [0.1, 0.15) is 0 Å². The summed E-state index contributed by atoms with van der Waals surface area (Å²) in [7, 11) is 1.55. The number of nitro groups is 1. The number of unbranched alkanes of at least 4 members (excludes halogenated alkanes) is 1. The van der Waals surface area contributed by atoms with Gasteiger partial charge in [-0.3, -0.25) is 15.0 Å². The van der Waals surface area contributed by atoms with Crippen molar-refractivity contribution in [2.45, 2.75) is 12.8 Å². The molecule has 0 bridgehead atoms. The van der Waals surface area contributed by atoms with Gasteiger partial charge in [0.05, 0.1) is 11.5 Å². The molecule has 0 spiro atoms. The number of halogens is 1. The molecular formula is C12H15ClN2O4. The van der Waals surface area contributed by atoms with Crippen LogP contribution in [0.2, 0.25) is 0 Å². The zero-order valence-corrected chi connectivity index (χ0v) is 11.3. The molecule has 0 heterocycles. The van der Waals surface area contributed by atoms with E-state index >= 15 is 0 Å². The summed E-state index contributed by atoms with van der Waals surface area (Å²) in [6, 6.07) is 5.68.